The van der Waals surface area contributed by atoms with Gasteiger partial charge in [0, 0.05) is 25.6 Å². The highest BCUT2D eigenvalue weighted by Crippen LogP contribution is 2.18. The van der Waals surface area contributed by atoms with E-state index in [4.69, 9.17) is 9.73 Å². The van der Waals surface area contributed by atoms with Crippen molar-refractivity contribution in [2.45, 2.75) is 64.3 Å². The SMILES string of the molecule is CCc1nncn1CCNC(=NCc1ccc(OC)cc1)NC1CCC(O)CC1.I. The number of hydrogen-bond donors (Lipinski definition) is 3. The third kappa shape index (κ3) is 7.42. The zero-order chi connectivity index (χ0) is 20.5. The van der Waals surface area contributed by atoms with Crippen LogP contribution in [-0.2, 0) is 19.5 Å². The molecule has 0 atom stereocenters. The molecule has 166 valence electrons. The van der Waals surface area contributed by atoms with Crippen molar-refractivity contribution in [3.8, 4) is 5.75 Å². The van der Waals surface area contributed by atoms with Crippen LogP contribution in [0.2, 0.25) is 0 Å². The quantitative estimate of drug-likeness (QED) is 0.277. The van der Waals surface area contributed by atoms with Crippen LogP contribution in [0, 0.1) is 0 Å². The second kappa shape index (κ2) is 12.7. The first kappa shape index (κ1) is 24.4. The number of aliphatic hydroxyl groups is 1. The van der Waals surface area contributed by atoms with Crippen LogP contribution >= 0.6 is 24.0 Å². The summed E-state index contributed by atoms with van der Waals surface area (Å²) in [6.07, 6.45) is 6.05. The van der Waals surface area contributed by atoms with Crippen molar-refractivity contribution in [1.29, 1.82) is 0 Å². The molecule has 1 aliphatic carbocycles. The minimum atomic E-state index is -0.165. The van der Waals surface area contributed by atoms with E-state index in [1.54, 1.807) is 13.4 Å². The number of halogens is 1. The largest absolute Gasteiger partial charge is 0.497 e. The molecule has 30 heavy (non-hydrogen) atoms. The molecule has 0 spiro atoms. The van der Waals surface area contributed by atoms with E-state index in [0.717, 1.165) is 68.3 Å². The highest BCUT2D eigenvalue weighted by molar-refractivity contribution is 14.0. The fourth-order valence-electron chi connectivity index (χ4n) is 3.50. The Morgan fingerprint density at radius 1 is 1.23 bits per heavy atom. The van der Waals surface area contributed by atoms with Gasteiger partial charge in [0.2, 0.25) is 0 Å². The standard InChI is InChI=1S/C21H32N6O2.HI/c1-3-20-26-24-15-27(20)13-12-22-21(25-17-6-8-18(28)9-7-17)23-14-16-4-10-19(29-2)11-5-16;/h4-5,10-11,15,17-18,28H,3,6-9,12-14H2,1-2H3,(H2,22,23,25);1H. The Kier molecular flexibility index (Phi) is 10.4. The average Bonchev–Trinajstić information content (AvgIpc) is 3.21. The molecule has 1 saturated carbocycles. The van der Waals surface area contributed by atoms with Gasteiger partial charge in [-0.3, -0.25) is 0 Å². The highest BCUT2D eigenvalue weighted by atomic mass is 127. The Labute approximate surface area is 195 Å². The summed E-state index contributed by atoms with van der Waals surface area (Å²) >= 11 is 0. The summed E-state index contributed by atoms with van der Waals surface area (Å²) in [4.78, 5) is 4.77. The summed E-state index contributed by atoms with van der Waals surface area (Å²) < 4.78 is 7.28. The molecular formula is C21H33IN6O2. The Bertz CT molecular complexity index is 772. The molecule has 2 aromatic rings. The van der Waals surface area contributed by atoms with Gasteiger partial charge in [-0.05, 0) is 43.4 Å². The molecule has 1 aliphatic rings. The number of hydrogen-bond acceptors (Lipinski definition) is 5. The number of benzene rings is 1. The first-order chi connectivity index (χ1) is 14.2. The molecule has 3 rings (SSSR count). The van der Waals surface area contributed by atoms with E-state index in [0.29, 0.717) is 12.6 Å². The predicted octanol–water partition coefficient (Wildman–Crippen LogP) is 2.51. The van der Waals surface area contributed by atoms with E-state index in [1.165, 1.54) is 0 Å². The minimum absolute atomic E-state index is 0. The minimum Gasteiger partial charge on any atom is -0.497 e. The van der Waals surface area contributed by atoms with Gasteiger partial charge in [-0.15, -0.1) is 34.2 Å². The van der Waals surface area contributed by atoms with Crippen LogP contribution in [0.25, 0.3) is 0 Å². The van der Waals surface area contributed by atoms with Gasteiger partial charge >= 0.3 is 0 Å². The zero-order valence-electron chi connectivity index (χ0n) is 17.8. The van der Waals surface area contributed by atoms with Gasteiger partial charge in [-0.25, -0.2) is 4.99 Å². The summed E-state index contributed by atoms with van der Waals surface area (Å²) in [5.74, 6) is 2.63. The molecule has 3 N–H and O–H groups in total. The van der Waals surface area contributed by atoms with Crippen LogP contribution in [0.1, 0.15) is 44.0 Å². The van der Waals surface area contributed by atoms with Crippen molar-refractivity contribution in [2.24, 2.45) is 4.99 Å². The topological polar surface area (TPSA) is 96.6 Å². The lowest BCUT2D eigenvalue weighted by Crippen LogP contribution is -2.46. The molecule has 8 nitrogen and oxygen atoms in total. The first-order valence-electron chi connectivity index (χ1n) is 10.4. The summed E-state index contributed by atoms with van der Waals surface area (Å²) in [5.41, 5.74) is 1.12. The Morgan fingerprint density at radius 2 is 1.97 bits per heavy atom. The maximum absolute atomic E-state index is 9.75. The molecule has 0 bridgehead atoms. The van der Waals surface area contributed by atoms with Crippen LogP contribution < -0.4 is 15.4 Å². The molecule has 0 radical (unpaired) electrons. The van der Waals surface area contributed by atoms with Crippen molar-refractivity contribution in [2.75, 3.05) is 13.7 Å². The third-order valence-corrected chi connectivity index (χ3v) is 5.27. The van der Waals surface area contributed by atoms with E-state index in [-0.39, 0.29) is 30.1 Å². The highest BCUT2D eigenvalue weighted by Gasteiger charge is 2.20. The van der Waals surface area contributed by atoms with Crippen molar-refractivity contribution in [3.63, 3.8) is 0 Å². The van der Waals surface area contributed by atoms with Gasteiger partial charge in [0.25, 0.3) is 0 Å². The van der Waals surface area contributed by atoms with Gasteiger partial charge < -0.3 is 25.0 Å². The number of aliphatic hydroxyl groups excluding tert-OH is 1. The Morgan fingerprint density at radius 3 is 2.63 bits per heavy atom. The van der Waals surface area contributed by atoms with Crippen LogP contribution in [0.3, 0.4) is 0 Å². The predicted molar refractivity (Wildman–Crippen MR) is 128 cm³/mol. The van der Waals surface area contributed by atoms with E-state index in [2.05, 4.69) is 32.3 Å². The Hall–Kier alpha value is -1.88. The number of nitrogens with one attached hydrogen (secondary N) is 2. The molecule has 1 aromatic heterocycles. The zero-order valence-corrected chi connectivity index (χ0v) is 20.1. The summed E-state index contributed by atoms with van der Waals surface area (Å²) in [7, 11) is 1.67. The van der Waals surface area contributed by atoms with Gasteiger partial charge in [0.05, 0.1) is 19.8 Å². The number of methoxy groups -OCH3 is 1. The van der Waals surface area contributed by atoms with Gasteiger partial charge in [-0.2, -0.15) is 0 Å². The summed E-state index contributed by atoms with van der Waals surface area (Å²) in [6, 6.07) is 8.29. The Balaban J connectivity index is 0.00000320. The molecular weight excluding hydrogens is 495 g/mol. The second-order valence-electron chi connectivity index (χ2n) is 7.38. The van der Waals surface area contributed by atoms with Crippen LogP contribution in [-0.4, -0.2) is 51.6 Å². The second-order valence-corrected chi connectivity index (χ2v) is 7.38. The van der Waals surface area contributed by atoms with E-state index < -0.39 is 0 Å². The lowest BCUT2D eigenvalue weighted by atomic mass is 9.93. The molecule has 0 unspecified atom stereocenters. The van der Waals surface area contributed by atoms with Gasteiger partial charge in [0.1, 0.15) is 17.9 Å². The number of nitrogens with zero attached hydrogens (tertiary/aromatic N) is 4. The lowest BCUT2D eigenvalue weighted by molar-refractivity contribution is 0.120. The van der Waals surface area contributed by atoms with Crippen LogP contribution in [0.5, 0.6) is 5.75 Å². The maximum atomic E-state index is 9.75. The van der Waals surface area contributed by atoms with Crippen molar-refractivity contribution >= 4 is 29.9 Å². The van der Waals surface area contributed by atoms with E-state index >= 15 is 0 Å². The molecule has 1 aromatic carbocycles. The number of ether oxygens (including phenoxy) is 1. The smallest absolute Gasteiger partial charge is 0.191 e. The molecule has 0 saturated heterocycles. The van der Waals surface area contributed by atoms with Crippen molar-refractivity contribution < 1.29 is 9.84 Å². The monoisotopic (exact) mass is 528 g/mol. The summed E-state index contributed by atoms with van der Waals surface area (Å²) in [5, 5.41) is 24.8. The van der Waals surface area contributed by atoms with Crippen LogP contribution in [0.4, 0.5) is 0 Å². The normalized spacial score (nSPS) is 19.1. The average molecular weight is 528 g/mol. The van der Waals surface area contributed by atoms with E-state index in [9.17, 15) is 5.11 Å². The number of aliphatic imine (C=N–C) groups is 1. The molecule has 9 heteroatoms. The third-order valence-electron chi connectivity index (χ3n) is 5.27. The maximum Gasteiger partial charge on any atom is 0.191 e. The van der Waals surface area contributed by atoms with Crippen molar-refractivity contribution in [1.82, 2.24) is 25.4 Å². The number of rotatable bonds is 8. The molecule has 1 fully saturated rings. The number of aryl methyl sites for hydroxylation is 1. The summed E-state index contributed by atoms with van der Waals surface area (Å²) in [6.45, 7) is 4.17. The lowest BCUT2D eigenvalue weighted by Gasteiger charge is -2.27. The molecule has 0 aliphatic heterocycles. The fourth-order valence-corrected chi connectivity index (χ4v) is 3.50. The van der Waals surface area contributed by atoms with Crippen LogP contribution in [0.15, 0.2) is 35.6 Å². The fraction of sp³-hybridized carbons (Fsp3) is 0.571. The van der Waals surface area contributed by atoms with Gasteiger partial charge in [0.15, 0.2) is 5.96 Å². The molecule has 1 heterocycles. The first-order valence-corrected chi connectivity index (χ1v) is 10.4. The van der Waals surface area contributed by atoms with Gasteiger partial charge in [-0.1, -0.05) is 19.1 Å². The number of aromatic nitrogens is 3. The number of guanidine groups is 1. The van der Waals surface area contributed by atoms with E-state index in [1.807, 2.05) is 24.3 Å². The molecule has 0 amide bonds. The van der Waals surface area contributed by atoms with Crippen molar-refractivity contribution in [3.05, 3.63) is 42.0 Å².